The summed E-state index contributed by atoms with van der Waals surface area (Å²) in [4.78, 5) is 9.67. The van der Waals surface area contributed by atoms with Crippen molar-refractivity contribution < 1.29 is 13.5 Å². The minimum absolute atomic E-state index is 0.113. The highest BCUT2D eigenvalue weighted by atomic mass is 19.1. The van der Waals surface area contributed by atoms with Crippen molar-refractivity contribution >= 4 is 11.6 Å². The molecule has 7 heteroatoms. The van der Waals surface area contributed by atoms with Crippen molar-refractivity contribution in [3.63, 3.8) is 0 Å². The van der Waals surface area contributed by atoms with E-state index in [1.165, 1.54) is 12.3 Å². The predicted octanol–water partition coefficient (Wildman–Crippen LogP) is 2.20. The molecule has 0 saturated carbocycles. The summed E-state index contributed by atoms with van der Waals surface area (Å²) in [6.45, 7) is 0. The van der Waals surface area contributed by atoms with E-state index in [0.29, 0.717) is 5.95 Å². The Morgan fingerprint density at radius 1 is 1.21 bits per heavy atom. The van der Waals surface area contributed by atoms with E-state index < -0.39 is 11.6 Å². The molecule has 0 bridgehead atoms. The Morgan fingerprint density at radius 2 is 1.95 bits per heavy atom. The molecule has 100 valence electrons. The average molecular weight is 266 g/mol. The molecule has 0 aliphatic carbocycles. The third kappa shape index (κ3) is 2.87. The van der Waals surface area contributed by atoms with Crippen molar-refractivity contribution in [1.82, 2.24) is 9.97 Å². The molecule has 0 saturated heterocycles. The van der Waals surface area contributed by atoms with Gasteiger partial charge >= 0.3 is 0 Å². The topological polar surface area (TPSA) is 64.3 Å². The number of ether oxygens (including phenoxy) is 1. The summed E-state index contributed by atoms with van der Waals surface area (Å²) in [6, 6.07) is 3.18. The van der Waals surface area contributed by atoms with Crippen molar-refractivity contribution in [2.45, 2.75) is 0 Å². The van der Waals surface area contributed by atoms with Gasteiger partial charge in [-0.25, -0.2) is 13.8 Å². The Labute approximate surface area is 108 Å². The van der Waals surface area contributed by atoms with E-state index in [-0.39, 0.29) is 17.3 Å². The normalized spacial score (nSPS) is 10.3. The zero-order valence-electron chi connectivity index (χ0n) is 10.4. The zero-order chi connectivity index (χ0) is 14.0. The maximum absolute atomic E-state index is 13.5. The Bertz CT molecular complexity index is 604. The fraction of sp³-hybridized carbons (Fsp3) is 0.167. The third-order valence-corrected chi connectivity index (χ3v) is 2.28. The van der Waals surface area contributed by atoms with E-state index >= 15 is 0 Å². The van der Waals surface area contributed by atoms with Gasteiger partial charge in [0, 0.05) is 38.5 Å². The van der Waals surface area contributed by atoms with Gasteiger partial charge in [0.05, 0.1) is 5.69 Å². The van der Waals surface area contributed by atoms with Gasteiger partial charge in [-0.1, -0.05) is 0 Å². The molecule has 0 spiro atoms. The average Bonchev–Trinajstić information content (AvgIpc) is 2.36. The highest BCUT2D eigenvalue weighted by Crippen LogP contribution is 2.27. The molecule has 2 aromatic rings. The minimum Gasteiger partial charge on any atom is -0.436 e. The van der Waals surface area contributed by atoms with Crippen molar-refractivity contribution in [3.8, 4) is 11.6 Å². The number of anilines is 2. The van der Waals surface area contributed by atoms with Gasteiger partial charge in [-0.15, -0.1) is 0 Å². The first kappa shape index (κ1) is 13.0. The van der Waals surface area contributed by atoms with Crippen LogP contribution in [-0.4, -0.2) is 24.1 Å². The van der Waals surface area contributed by atoms with Gasteiger partial charge in [0.1, 0.15) is 5.82 Å². The van der Waals surface area contributed by atoms with Crippen LogP contribution in [0.15, 0.2) is 24.4 Å². The van der Waals surface area contributed by atoms with E-state index in [2.05, 4.69) is 9.97 Å². The molecule has 1 aromatic carbocycles. The fourth-order valence-corrected chi connectivity index (χ4v) is 1.34. The van der Waals surface area contributed by atoms with Crippen LogP contribution >= 0.6 is 0 Å². The number of hydrogen-bond donors (Lipinski definition) is 1. The Morgan fingerprint density at radius 3 is 2.63 bits per heavy atom. The maximum atomic E-state index is 13.5. The van der Waals surface area contributed by atoms with Crippen LogP contribution in [0.25, 0.3) is 0 Å². The standard InChI is InChI=1S/C12H12F2N4O/c1-18(2)12-16-4-3-11(17-12)19-10-6-7(13)9(15)5-8(10)14/h3-6H,15H2,1-2H3. The number of nitrogen functional groups attached to an aromatic ring is 1. The molecule has 19 heavy (non-hydrogen) atoms. The molecule has 1 heterocycles. The Kier molecular flexibility index (Phi) is 3.46. The first-order valence-corrected chi connectivity index (χ1v) is 5.40. The lowest BCUT2D eigenvalue weighted by atomic mass is 10.3. The molecule has 0 amide bonds. The smallest absolute Gasteiger partial charge is 0.228 e. The molecule has 5 nitrogen and oxygen atoms in total. The van der Waals surface area contributed by atoms with E-state index in [9.17, 15) is 8.78 Å². The van der Waals surface area contributed by atoms with Crippen LogP contribution in [0.2, 0.25) is 0 Å². The molecular formula is C12H12F2N4O. The molecule has 2 rings (SSSR count). The number of rotatable bonds is 3. The second kappa shape index (κ2) is 5.05. The number of nitrogens with two attached hydrogens (primary N) is 1. The van der Waals surface area contributed by atoms with Gasteiger partial charge in [0.25, 0.3) is 0 Å². The van der Waals surface area contributed by atoms with Gasteiger partial charge in [0.2, 0.25) is 11.8 Å². The van der Waals surface area contributed by atoms with Gasteiger partial charge in [-0.2, -0.15) is 4.98 Å². The van der Waals surface area contributed by atoms with Gasteiger partial charge < -0.3 is 15.4 Å². The van der Waals surface area contributed by atoms with Crippen LogP contribution in [0.4, 0.5) is 20.4 Å². The number of nitrogens with zero attached hydrogens (tertiary/aromatic N) is 3. The van der Waals surface area contributed by atoms with Crippen LogP contribution in [0.1, 0.15) is 0 Å². The van der Waals surface area contributed by atoms with Gasteiger partial charge in [-0.3, -0.25) is 0 Å². The summed E-state index contributed by atoms with van der Waals surface area (Å²) in [7, 11) is 3.51. The first-order valence-electron chi connectivity index (χ1n) is 5.40. The van der Waals surface area contributed by atoms with E-state index in [1.807, 2.05) is 0 Å². The number of halogens is 2. The lowest BCUT2D eigenvalue weighted by molar-refractivity contribution is 0.422. The highest BCUT2D eigenvalue weighted by Gasteiger charge is 2.11. The Hall–Kier alpha value is -2.44. The molecule has 2 N–H and O–H groups in total. The van der Waals surface area contributed by atoms with Crippen molar-refractivity contribution in [2.75, 3.05) is 24.7 Å². The minimum atomic E-state index is -0.760. The number of benzene rings is 1. The SMILES string of the molecule is CN(C)c1nccc(Oc2cc(F)c(N)cc2F)n1. The zero-order valence-corrected chi connectivity index (χ0v) is 10.4. The van der Waals surface area contributed by atoms with E-state index in [4.69, 9.17) is 10.5 Å². The molecule has 0 unspecified atom stereocenters. The van der Waals surface area contributed by atoms with Gasteiger partial charge in [-0.05, 0) is 0 Å². The summed E-state index contributed by atoms with van der Waals surface area (Å²) in [5.74, 6) is -1.28. The molecule has 0 radical (unpaired) electrons. The van der Waals surface area contributed by atoms with Crippen molar-refractivity contribution in [3.05, 3.63) is 36.0 Å². The summed E-state index contributed by atoms with van der Waals surface area (Å²) in [6.07, 6.45) is 1.46. The van der Waals surface area contributed by atoms with E-state index in [0.717, 1.165) is 12.1 Å². The Balaban J connectivity index is 2.31. The lowest BCUT2D eigenvalue weighted by Crippen LogP contribution is -2.12. The van der Waals surface area contributed by atoms with Crippen LogP contribution in [0.5, 0.6) is 11.6 Å². The largest absolute Gasteiger partial charge is 0.436 e. The number of aromatic nitrogens is 2. The summed E-state index contributed by atoms with van der Waals surface area (Å²) in [5.41, 5.74) is 4.97. The monoisotopic (exact) mass is 266 g/mol. The van der Waals surface area contributed by atoms with Crippen LogP contribution in [-0.2, 0) is 0 Å². The summed E-state index contributed by atoms with van der Waals surface area (Å²) < 4.78 is 32.0. The lowest BCUT2D eigenvalue weighted by Gasteiger charge is -2.11. The third-order valence-electron chi connectivity index (χ3n) is 2.28. The molecule has 0 atom stereocenters. The van der Waals surface area contributed by atoms with Gasteiger partial charge in [0.15, 0.2) is 11.6 Å². The molecule has 0 aliphatic rings. The van der Waals surface area contributed by atoms with E-state index in [1.54, 1.807) is 19.0 Å². The summed E-state index contributed by atoms with van der Waals surface area (Å²) >= 11 is 0. The quantitative estimate of drug-likeness (QED) is 0.863. The first-order chi connectivity index (χ1) is 8.97. The second-order valence-electron chi connectivity index (χ2n) is 4.00. The summed E-state index contributed by atoms with van der Waals surface area (Å²) in [5, 5.41) is 0. The molecule has 0 aliphatic heterocycles. The number of hydrogen-bond acceptors (Lipinski definition) is 5. The molecule has 0 fully saturated rings. The van der Waals surface area contributed by atoms with Crippen molar-refractivity contribution in [2.24, 2.45) is 0 Å². The molecule has 1 aromatic heterocycles. The fourth-order valence-electron chi connectivity index (χ4n) is 1.34. The van der Waals surface area contributed by atoms with Crippen LogP contribution in [0.3, 0.4) is 0 Å². The van der Waals surface area contributed by atoms with Crippen LogP contribution < -0.4 is 15.4 Å². The predicted molar refractivity (Wildman–Crippen MR) is 67.2 cm³/mol. The van der Waals surface area contributed by atoms with Crippen molar-refractivity contribution in [1.29, 1.82) is 0 Å². The highest BCUT2D eigenvalue weighted by molar-refractivity contribution is 5.45. The maximum Gasteiger partial charge on any atom is 0.228 e. The molecular weight excluding hydrogens is 254 g/mol. The second-order valence-corrected chi connectivity index (χ2v) is 4.00. The van der Waals surface area contributed by atoms with Crippen LogP contribution in [0, 0.1) is 11.6 Å².